The highest BCUT2D eigenvalue weighted by molar-refractivity contribution is 9.10. The van der Waals surface area contributed by atoms with Crippen LogP contribution in [0.5, 0.6) is 0 Å². The van der Waals surface area contributed by atoms with Crippen molar-refractivity contribution in [1.82, 2.24) is 4.90 Å². The molecular weight excluding hydrogens is 352 g/mol. The maximum Gasteiger partial charge on any atom is 0.253 e. The summed E-state index contributed by atoms with van der Waals surface area (Å²) in [5, 5.41) is 0. The van der Waals surface area contributed by atoms with Crippen LogP contribution >= 0.6 is 15.9 Å². The van der Waals surface area contributed by atoms with E-state index in [0.717, 1.165) is 36.2 Å². The Morgan fingerprint density at radius 3 is 2.30 bits per heavy atom. The summed E-state index contributed by atoms with van der Waals surface area (Å²) in [6, 6.07) is 14.2. The Hall–Kier alpha value is -1.81. The minimum absolute atomic E-state index is 0.139. The fraction of sp³-hybridized carbons (Fsp3) is 0.316. The van der Waals surface area contributed by atoms with Gasteiger partial charge in [0, 0.05) is 36.2 Å². The van der Waals surface area contributed by atoms with Gasteiger partial charge in [0.15, 0.2) is 0 Å². The third-order valence-electron chi connectivity index (χ3n) is 4.51. The van der Waals surface area contributed by atoms with Crippen LogP contribution in [-0.4, -0.2) is 37.0 Å². The number of halogens is 1. The van der Waals surface area contributed by atoms with Crippen molar-refractivity contribution in [3.05, 3.63) is 63.6 Å². The van der Waals surface area contributed by atoms with Gasteiger partial charge in [0.1, 0.15) is 0 Å². The summed E-state index contributed by atoms with van der Waals surface area (Å²) in [7, 11) is 0. The zero-order chi connectivity index (χ0) is 16.4. The van der Waals surface area contributed by atoms with Crippen LogP contribution in [0.15, 0.2) is 46.9 Å². The Labute approximate surface area is 146 Å². The minimum Gasteiger partial charge on any atom is -0.367 e. The molecule has 4 heteroatoms. The molecule has 0 bridgehead atoms. The predicted octanol–water partition coefficient (Wildman–Crippen LogP) is 4.03. The summed E-state index contributed by atoms with van der Waals surface area (Å²) < 4.78 is 1.11. The van der Waals surface area contributed by atoms with Gasteiger partial charge in [-0.15, -0.1) is 0 Å². The molecule has 1 amide bonds. The third-order valence-corrected chi connectivity index (χ3v) is 5.18. The number of hydrogen-bond donors (Lipinski definition) is 0. The SMILES string of the molecule is Cc1ccc(C(=O)N2CCN(c3ccccc3Br)CC2)cc1C. The second-order valence-corrected chi connectivity index (χ2v) is 6.88. The number of aryl methyl sites for hydroxylation is 2. The minimum atomic E-state index is 0.139. The van der Waals surface area contributed by atoms with E-state index >= 15 is 0 Å². The number of carbonyl (C=O) groups excluding carboxylic acids is 1. The lowest BCUT2D eigenvalue weighted by molar-refractivity contribution is 0.0746. The number of rotatable bonds is 2. The first-order chi connectivity index (χ1) is 11.1. The molecule has 0 unspecified atom stereocenters. The Bertz CT molecular complexity index is 721. The lowest BCUT2D eigenvalue weighted by Crippen LogP contribution is -2.48. The van der Waals surface area contributed by atoms with E-state index in [9.17, 15) is 4.79 Å². The Balaban J connectivity index is 1.68. The topological polar surface area (TPSA) is 23.6 Å². The van der Waals surface area contributed by atoms with E-state index < -0.39 is 0 Å². The molecule has 0 spiro atoms. The predicted molar refractivity (Wildman–Crippen MR) is 98.2 cm³/mol. The maximum absolute atomic E-state index is 12.7. The van der Waals surface area contributed by atoms with Gasteiger partial charge in [0.05, 0.1) is 5.69 Å². The molecule has 1 heterocycles. The Kier molecular flexibility index (Phi) is 4.71. The zero-order valence-electron chi connectivity index (χ0n) is 13.6. The molecule has 0 atom stereocenters. The monoisotopic (exact) mass is 372 g/mol. The van der Waals surface area contributed by atoms with Crippen molar-refractivity contribution in [3.63, 3.8) is 0 Å². The summed E-state index contributed by atoms with van der Waals surface area (Å²) in [6.07, 6.45) is 0. The van der Waals surface area contributed by atoms with Gasteiger partial charge in [-0.25, -0.2) is 0 Å². The van der Waals surface area contributed by atoms with Gasteiger partial charge in [-0.3, -0.25) is 4.79 Å². The van der Waals surface area contributed by atoms with Crippen molar-refractivity contribution in [2.24, 2.45) is 0 Å². The van der Waals surface area contributed by atoms with Crippen molar-refractivity contribution in [2.75, 3.05) is 31.1 Å². The lowest BCUT2D eigenvalue weighted by atomic mass is 10.1. The summed E-state index contributed by atoms with van der Waals surface area (Å²) in [4.78, 5) is 17.0. The highest BCUT2D eigenvalue weighted by atomic mass is 79.9. The average molecular weight is 373 g/mol. The van der Waals surface area contributed by atoms with Crippen LogP contribution in [0.3, 0.4) is 0 Å². The van der Waals surface area contributed by atoms with Crippen LogP contribution in [0.25, 0.3) is 0 Å². The van der Waals surface area contributed by atoms with Crippen LogP contribution in [0.4, 0.5) is 5.69 Å². The molecule has 3 nitrogen and oxygen atoms in total. The molecule has 2 aromatic carbocycles. The van der Waals surface area contributed by atoms with Gasteiger partial charge in [-0.2, -0.15) is 0 Å². The third kappa shape index (κ3) is 3.42. The van der Waals surface area contributed by atoms with Gasteiger partial charge in [-0.05, 0) is 65.2 Å². The largest absolute Gasteiger partial charge is 0.367 e. The van der Waals surface area contributed by atoms with Crippen molar-refractivity contribution in [1.29, 1.82) is 0 Å². The summed E-state index contributed by atoms with van der Waals surface area (Å²) in [5.74, 6) is 0.139. The Morgan fingerprint density at radius 1 is 0.957 bits per heavy atom. The van der Waals surface area contributed by atoms with Crippen LogP contribution < -0.4 is 4.90 Å². The van der Waals surface area contributed by atoms with E-state index in [0.29, 0.717) is 0 Å². The van der Waals surface area contributed by atoms with Crippen LogP contribution in [0.1, 0.15) is 21.5 Å². The van der Waals surface area contributed by atoms with Crippen molar-refractivity contribution < 1.29 is 4.79 Å². The quantitative estimate of drug-likeness (QED) is 0.794. The first kappa shape index (κ1) is 16.1. The first-order valence-electron chi connectivity index (χ1n) is 7.92. The molecule has 2 aromatic rings. The highest BCUT2D eigenvalue weighted by Crippen LogP contribution is 2.26. The fourth-order valence-corrected chi connectivity index (χ4v) is 3.45. The summed E-state index contributed by atoms with van der Waals surface area (Å²) in [6.45, 7) is 7.36. The Morgan fingerprint density at radius 2 is 1.65 bits per heavy atom. The van der Waals surface area contributed by atoms with Gasteiger partial charge in [-0.1, -0.05) is 18.2 Å². The van der Waals surface area contributed by atoms with Crippen LogP contribution in [0.2, 0.25) is 0 Å². The van der Waals surface area contributed by atoms with Crippen molar-refractivity contribution >= 4 is 27.5 Å². The molecule has 0 saturated carbocycles. The van der Waals surface area contributed by atoms with Crippen molar-refractivity contribution in [3.8, 4) is 0 Å². The van der Waals surface area contributed by atoms with Crippen LogP contribution in [-0.2, 0) is 0 Å². The molecule has 0 radical (unpaired) electrons. The van der Waals surface area contributed by atoms with E-state index in [1.807, 2.05) is 35.2 Å². The molecule has 0 aromatic heterocycles. The number of piperazine rings is 1. The second-order valence-electron chi connectivity index (χ2n) is 6.03. The molecule has 0 N–H and O–H groups in total. The molecule has 1 fully saturated rings. The summed E-state index contributed by atoms with van der Waals surface area (Å²) >= 11 is 3.61. The van der Waals surface area contributed by atoms with E-state index in [4.69, 9.17) is 0 Å². The first-order valence-corrected chi connectivity index (χ1v) is 8.71. The summed E-state index contributed by atoms with van der Waals surface area (Å²) in [5.41, 5.74) is 4.39. The molecular formula is C19H21BrN2O. The molecule has 3 rings (SSSR count). The van der Waals surface area contributed by atoms with Gasteiger partial charge < -0.3 is 9.80 Å². The van der Waals surface area contributed by atoms with Crippen molar-refractivity contribution in [2.45, 2.75) is 13.8 Å². The number of anilines is 1. The number of benzene rings is 2. The van der Waals surface area contributed by atoms with Gasteiger partial charge >= 0.3 is 0 Å². The van der Waals surface area contributed by atoms with Gasteiger partial charge in [0.2, 0.25) is 0 Å². The van der Waals surface area contributed by atoms with E-state index in [1.165, 1.54) is 16.8 Å². The smallest absolute Gasteiger partial charge is 0.253 e. The molecule has 120 valence electrons. The second kappa shape index (κ2) is 6.75. The molecule has 1 saturated heterocycles. The average Bonchev–Trinajstić information content (AvgIpc) is 2.57. The number of amides is 1. The van der Waals surface area contributed by atoms with Gasteiger partial charge in [0.25, 0.3) is 5.91 Å². The lowest BCUT2D eigenvalue weighted by Gasteiger charge is -2.36. The molecule has 1 aliphatic heterocycles. The number of hydrogen-bond acceptors (Lipinski definition) is 2. The zero-order valence-corrected chi connectivity index (χ0v) is 15.1. The maximum atomic E-state index is 12.7. The highest BCUT2D eigenvalue weighted by Gasteiger charge is 2.23. The number of carbonyl (C=O) groups is 1. The van der Waals surface area contributed by atoms with E-state index in [-0.39, 0.29) is 5.91 Å². The molecule has 1 aliphatic rings. The fourth-order valence-electron chi connectivity index (χ4n) is 2.92. The van der Waals surface area contributed by atoms with E-state index in [1.54, 1.807) is 0 Å². The number of nitrogens with zero attached hydrogens (tertiary/aromatic N) is 2. The van der Waals surface area contributed by atoms with E-state index in [2.05, 4.69) is 46.8 Å². The molecule has 0 aliphatic carbocycles. The normalized spacial score (nSPS) is 14.9. The van der Waals surface area contributed by atoms with Crippen LogP contribution in [0, 0.1) is 13.8 Å². The molecule has 23 heavy (non-hydrogen) atoms. The standard InChI is InChI=1S/C19H21BrN2O/c1-14-7-8-16(13-15(14)2)19(23)22-11-9-21(10-12-22)18-6-4-3-5-17(18)20/h3-8,13H,9-12H2,1-2H3. The number of para-hydroxylation sites is 1.